The highest BCUT2D eigenvalue weighted by molar-refractivity contribution is 9.10. The molecule has 1 aromatic rings. The molecule has 14 heavy (non-hydrogen) atoms. The zero-order valence-corrected chi connectivity index (χ0v) is 9.87. The Labute approximate surface area is 94.8 Å². The van der Waals surface area contributed by atoms with Crippen molar-refractivity contribution in [3.8, 4) is 0 Å². The van der Waals surface area contributed by atoms with Gasteiger partial charge in [0.1, 0.15) is 5.82 Å². The van der Waals surface area contributed by atoms with E-state index in [9.17, 15) is 9.50 Å². The van der Waals surface area contributed by atoms with Crippen LogP contribution in [0.5, 0.6) is 0 Å². The largest absolute Gasteiger partial charge is 0.388 e. The van der Waals surface area contributed by atoms with Gasteiger partial charge in [0.05, 0.1) is 6.10 Å². The molecule has 1 nitrogen and oxygen atoms in total. The van der Waals surface area contributed by atoms with Crippen molar-refractivity contribution in [3.63, 3.8) is 0 Å². The van der Waals surface area contributed by atoms with Crippen LogP contribution in [-0.4, -0.2) is 10.9 Å². The highest BCUT2D eigenvalue weighted by atomic mass is 79.9. The highest BCUT2D eigenvalue weighted by Gasteiger charge is 2.19. The van der Waals surface area contributed by atoms with Crippen molar-refractivity contribution in [2.45, 2.75) is 18.3 Å². The van der Waals surface area contributed by atoms with E-state index >= 15 is 0 Å². The molecule has 0 amide bonds. The number of halogens is 2. The molecule has 0 radical (unpaired) electrons. The SMILES string of the molecule is O[C@H]1CCSCc2c(F)cc(Br)cc21. The van der Waals surface area contributed by atoms with Crippen molar-refractivity contribution < 1.29 is 9.50 Å². The van der Waals surface area contributed by atoms with Crippen LogP contribution in [0.3, 0.4) is 0 Å². The summed E-state index contributed by atoms with van der Waals surface area (Å²) < 4.78 is 14.2. The smallest absolute Gasteiger partial charge is 0.128 e. The molecule has 0 aliphatic carbocycles. The van der Waals surface area contributed by atoms with E-state index < -0.39 is 6.10 Å². The second kappa shape index (κ2) is 4.21. The zero-order chi connectivity index (χ0) is 10.1. The van der Waals surface area contributed by atoms with Crippen LogP contribution in [0, 0.1) is 5.82 Å². The van der Waals surface area contributed by atoms with Gasteiger partial charge in [-0.3, -0.25) is 0 Å². The number of fused-ring (bicyclic) bond motifs is 1. The standard InChI is InChI=1S/C10H10BrFOS/c11-6-3-7-8(9(12)4-6)5-14-2-1-10(7)13/h3-4,10,13H,1-2,5H2/t10-/m0/s1. The van der Waals surface area contributed by atoms with Gasteiger partial charge in [-0.05, 0) is 29.9 Å². The third-order valence-electron chi connectivity index (χ3n) is 2.34. The lowest BCUT2D eigenvalue weighted by Gasteiger charge is -2.12. The molecule has 1 atom stereocenters. The Morgan fingerprint density at radius 2 is 2.29 bits per heavy atom. The van der Waals surface area contributed by atoms with Crippen molar-refractivity contribution >= 4 is 27.7 Å². The van der Waals surface area contributed by atoms with E-state index in [2.05, 4.69) is 15.9 Å². The van der Waals surface area contributed by atoms with Gasteiger partial charge < -0.3 is 5.11 Å². The minimum absolute atomic E-state index is 0.220. The van der Waals surface area contributed by atoms with E-state index in [1.807, 2.05) is 6.07 Å². The first-order valence-corrected chi connectivity index (χ1v) is 6.37. The Morgan fingerprint density at radius 1 is 1.50 bits per heavy atom. The number of hydrogen-bond acceptors (Lipinski definition) is 2. The second-order valence-electron chi connectivity index (χ2n) is 3.31. The third-order valence-corrected chi connectivity index (χ3v) is 3.81. The predicted octanol–water partition coefficient (Wildman–Crippen LogP) is 3.26. The van der Waals surface area contributed by atoms with Gasteiger partial charge in [-0.2, -0.15) is 11.8 Å². The van der Waals surface area contributed by atoms with Crippen LogP contribution < -0.4 is 0 Å². The monoisotopic (exact) mass is 276 g/mol. The van der Waals surface area contributed by atoms with E-state index in [1.54, 1.807) is 11.8 Å². The van der Waals surface area contributed by atoms with Gasteiger partial charge in [0.25, 0.3) is 0 Å². The van der Waals surface area contributed by atoms with Crippen LogP contribution in [0.1, 0.15) is 23.7 Å². The number of aliphatic hydroxyl groups is 1. The number of benzene rings is 1. The van der Waals surface area contributed by atoms with Gasteiger partial charge in [-0.25, -0.2) is 4.39 Å². The maximum atomic E-state index is 13.5. The minimum atomic E-state index is -0.521. The minimum Gasteiger partial charge on any atom is -0.388 e. The van der Waals surface area contributed by atoms with Crippen molar-refractivity contribution in [1.29, 1.82) is 0 Å². The van der Waals surface area contributed by atoms with Crippen LogP contribution in [0.4, 0.5) is 4.39 Å². The fourth-order valence-electron chi connectivity index (χ4n) is 1.60. The first-order chi connectivity index (χ1) is 6.68. The molecule has 1 heterocycles. The quantitative estimate of drug-likeness (QED) is 0.785. The van der Waals surface area contributed by atoms with Crippen LogP contribution in [0.25, 0.3) is 0 Å². The van der Waals surface area contributed by atoms with Gasteiger partial charge in [-0.15, -0.1) is 0 Å². The molecular formula is C10H10BrFOS. The molecule has 0 unspecified atom stereocenters. The van der Waals surface area contributed by atoms with E-state index in [-0.39, 0.29) is 5.82 Å². The number of aliphatic hydroxyl groups excluding tert-OH is 1. The maximum Gasteiger partial charge on any atom is 0.128 e. The Kier molecular flexibility index (Phi) is 3.14. The summed E-state index contributed by atoms with van der Waals surface area (Å²) in [6.07, 6.45) is 0.181. The van der Waals surface area contributed by atoms with Gasteiger partial charge in [-0.1, -0.05) is 15.9 Å². The second-order valence-corrected chi connectivity index (χ2v) is 5.33. The summed E-state index contributed by atoms with van der Waals surface area (Å²) in [5.74, 6) is 1.32. The lowest BCUT2D eigenvalue weighted by Crippen LogP contribution is -2.01. The lowest BCUT2D eigenvalue weighted by atomic mass is 10.0. The van der Waals surface area contributed by atoms with Gasteiger partial charge in [0, 0.05) is 15.8 Å². The average molecular weight is 277 g/mol. The van der Waals surface area contributed by atoms with Gasteiger partial charge in [0.2, 0.25) is 0 Å². The summed E-state index contributed by atoms with van der Waals surface area (Å²) in [6.45, 7) is 0. The van der Waals surface area contributed by atoms with Gasteiger partial charge in [0.15, 0.2) is 0 Å². The molecule has 0 bridgehead atoms. The number of thioether (sulfide) groups is 1. The Hall–Kier alpha value is -0.0600. The molecule has 0 fully saturated rings. The molecule has 0 saturated heterocycles. The molecule has 76 valence electrons. The van der Waals surface area contributed by atoms with E-state index in [1.165, 1.54) is 6.07 Å². The molecule has 4 heteroatoms. The predicted molar refractivity (Wildman–Crippen MR) is 59.8 cm³/mol. The van der Waals surface area contributed by atoms with E-state index in [4.69, 9.17) is 0 Å². The van der Waals surface area contributed by atoms with Crippen molar-refractivity contribution in [2.24, 2.45) is 0 Å². The summed E-state index contributed by atoms with van der Waals surface area (Å²) in [4.78, 5) is 0. The molecule has 2 rings (SSSR count). The Balaban J connectivity index is 2.53. The fraction of sp³-hybridized carbons (Fsp3) is 0.400. The maximum absolute atomic E-state index is 13.5. The molecular weight excluding hydrogens is 267 g/mol. The summed E-state index contributed by atoms with van der Waals surface area (Å²) >= 11 is 4.90. The zero-order valence-electron chi connectivity index (χ0n) is 7.46. The highest BCUT2D eigenvalue weighted by Crippen LogP contribution is 2.33. The Bertz CT molecular complexity index is 356. The van der Waals surface area contributed by atoms with Crippen LogP contribution in [0.2, 0.25) is 0 Å². The summed E-state index contributed by atoms with van der Waals surface area (Å²) in [5.41, 5.74) is 1.39. The average Bonchev–Trinajstić information content (AvgIpc) is 2.29. The molecule has 0 saturated carbocycles. The van der Waals surface area contributed by atoms with Crippen molar-refractivity contribution in [1.82, 2.24) is 0 Å². The Morgan fingerprint density at radius 3 is 3.07 bits per heavy atom. The van der Waals surface area contributed by atoms with Crippen LogP contribution >= 0.6 is 27.7 Å². The molecule has 1 aliphatic heterocycles. The van der Waals surface area contributed by atoms with E-state index in [0.29, 0.717) is 22.2 Å². The lowest BCUT2D eigenvalue weighted by molar-refractivity contribution is 0.174. The fourth-order valence-corrected chi connectivity index (χ4v) is 3.09. The summed E-state index contributed by atoms with van der Waals surface area (Å²) in [6, 6.07) is 3.27. The van der Waals surface area contributed by atoms with Crippen LogP contribution in [0.15, 0.2) is 16.6 Å². The van der Waals surface area contributed by atoms with Crippen molar-refractivity contribution in [3.05, 3.63) is 33.5 Å². The number of hydrogen-bond donors (Lipinski definition) is 1. The topological polar surface area (TPSA) is 20.2 Å². The van der Waals surface area contributed by atoms with Gasteiger partial charge >= 0.3 is 0 Å². The molecule has 1 N–H and O–H groups in total. The summed E-state index contributed by atoms with van der Waals surface area (Å²) in [5, 5.41) is 9.79. The van der Waals surface area contributed by atoms with Crippen LogP contribution in [-0.2, 0) is 5.75 Å². The number of rotatable bonds is 0. The molecule has 0 aromatic heterocycles. The molecule has 1 aromatic carbocycles. The summed E-state index contributed by atoms with van der Waals surface area (Å²) in [7, 11) is 0. The van der Waals surface area contributed by atoms with E-state index in [0.717, 1.165) is 11.3 Å². The molecule has 1 aliphatic rings. The molecule has 0 spiro atoms. The van der Waals surface area contributed by atoms with Crippen molar-refractivity contribution in [2.75, 3.05) is 5.75 Å². The third kappa shape index (κ3) is 1.97. The first-order valence-electron chi connectivity index (χ1n) is 4.42. The normalized spacial score (nSPS) is 21.5. The first kappa shape index (κ1) is 10.5.